The topological polar surface area (TPSA) is 18.5 Å². The quantitative estimate of drug-likeness (QED) is 0.825. The summed E-state index contributed by atoms with van der Waals surface area (Å²) < 4.78 is 0. The van der Waals surface area contributed by atoms with E-state index < -0.39 is 0 Å². The van der Waals surface area contributed by atoms with Gasteiger partial charge < -0.3 is 10.2 Å². The van der Waals surface area contributed by atoms with Gasteiger partial charge in [0.15, 0.2) is 0 Å². The summed E-state index contributed by atoms with van der Waals surface area (Å²) in [5, 5.41) is 3.85. The average Bonchev–Trinajstić information content (AvgIpc) is 2.34. The summed E-state index contributed by atoms with van der Waals surface area (Å²) in [6, 6.07) is 1.43. The van der Waals surface area contributed by atoms with E-state index in [-0.39, 0.29) is 0 Å². The molecule has 1 saturated carbocycles. The van der Waals surface area contributed by atoms with Gasteiger partial charge in [-0.2, -0.15) is 0 Å². The van der Waals surface area contributed by atoms with Crippen LogP contribution in [0.15, 0.2) is 0 Å². The van der Waals surface area contributed by atoms with E-state index in [0.29, 0.717) is 6.04 Å². The summed E-state index contributed by atoms with van der Waals surface area (Å²) in [7, 11) is 4.51. The summed E-state index contributed by atoms with van der Waals surface area (Å²) in [6.45, 7) is 9.60. The molecule has 18 heavy (non-hydrogen) atoms. The van der Waals surface area contributed by atoms with Crippen molar-refractivity contribution in [2.24, 2.45) is 11.8 Å². The van der Waals surface area contributed by atoms with E-state index in [4.69, 9.17) is 0 Å². The first kappa shape index (κ1) is 14.3. The largest absolute Gasteiger partial charge is 0.312 e. The molecule has 0 aromatic carbocycles. The Kier molecular flexibility index (Phi) is 5.05. The number of hydrogen-bond acceptors (Lipinski definition) is 3. The van der Waals surface area contributed by atoms with Crippen LogP contribution in [-0.2, 0) is 0 Å². The monoisotopic (exact) mass is 253 g/mol. The molecule has 1 aliphatic carbocycles. The highest BCUT2D eigenvalue weighted by atomic mass is 15.3. The number of likely N-dealkylation sites (N-methyl/N-ethyl adjacent to an activating group) is 2. The highest BCUT2D eigenvalue weighted by molar-refractivity contribution is 4.85. The van der Waals surface area contributed by atoms with E-state index >= 15 is 0 Å². The van der Waals surface area contributed by atoms with Crippen molar-refractivity contribution in [3.63, 3.8) is 0 Å². The molecular formula is C15H31N3. The van der Waals surface area contributed by atoms with Crippen LogP contribution in [0.4, 0.5) is 0 Å². The van der Waals surface area contributed by atoms with Gasteiger partial charge in [0, 0.05) is 38.3 Å². The molecule has 0 radical (unpaired) electrons. The molecular weight excluding hydrogens is 222 g/mol. The van der Waals surface area contributed by atoms with Gasteiger partial charge in [-0.3, -0.25) is 4.90 Å². The summed E-state index contributed by atoms with van der Waals surface area (Å²) in [5.41, 5.74) is 0. The molecule has 3 heteroatoms. The van der Waals surface area contributed by atoms with Crippen molar-refractivity contribution in [1.82, 2.24) is 15.1 Å². The second kappa shape index (κ2) is 6.36. The van der Waals surface area contributed by atoms with Crippen LogP contribution >= 0.6 is 0 Å². The molecule has 4 atom stereocenters. The van der Waals surface area contributed by atoms with Gasteiger partial charge in [-0.05, 0) is 38.8 Å². The molecule has 0 spiro atoms. The number of piperazine rings is 1. The van der Waals surface area contributed by atoms with Crippen molar-refractivity contribution in [2.75, 3.05) is 40.3 Å². The van der Waals surface area contributed by atoms with E-state index in [1.54, 1.807) is 0 Å². The van der Waals surface area contributed by atoms with Crippen LogP contribution in [-0.4, -0.2) is 62.2 Å². The second-order valence-corrected chi connectivity index (χ2v) is 6.81. The first-order chi connectivity index (χ1) is 8.56. The fourth-order valence-corrected chi connectivity index (χ4v) is 3.43. The SMILES string of the molecule is CC1CCC(C)C(NCC2CN(C)CCN2C)C1. The molecule has 1 aliphatic heterocycles. The van der Waals surface area contributed by atoms with Gasteiger partial charge >= 0.3 is 0 Å². The zero-order valence-electron chi connectivity index (χ0n) is 12.7. The van der Waals surface area contributed by atoms with Crippen molar-refractivity contribution in [1.29, 1.82) is 0 Å². The summed E-state index contributed by atoms with van der Waals surface area (Å²) in [4.78, 5) is 4.98. The lowest BCUT2D eigenvalue weighted by Gasteiger charge is -2.40. The molecule has 106 valence electrons. The minimum atomic E-state index is 0.688. The molecule has 2 fully saturated rings. The lowest BCUT2D eigenvalue weighted by atomic mass is 9.80. The van der Waals surface area contributed by atoms with Crippen LogP contribution in [0.3, 0.4) is 0 Å². The maximum absolute atomic E-state index is 3.85. The third kappa shape index (κ3) is 3.69. The number of nitrogens with zero attached hydrogens (tertiary/aromatic N) is 2. The molecule has 1 saturated heterocycles. The third-order valence-electron chi connectivity index (χ3n) is 5.05. The molecule has 1 heterocycles. The van der Waals surface area contributed by atoms with Gasteiger partial charge in [-0.25, -0.2) is 0 Å². The number of nitrogens with one attached hydrogen (secondary N) is 1. The maximum atomic E-state index is 3.85. The smallest absolute Gasteiger partial charge is 0.0345 e. The van der Waals surface area contributed by atoms with Crippen molar-refractivity contribution in [3.05, 3.63) is 0 Å². The zero-order valence-corrected chi connectivity index (χ0v) is 12.7. The van der Waals surface area contributed by atoms with E-state index in [2.05, 4.69) is 43.1 Å². The first-order valence-corrected chi connectivity index (χ1v) is 7.68. The van der Waals surface area contributed by atoms with Crippen molar-refractivity contribution >= 4 is 0 Å². The molecule has 0 amide bonds. The predicted molar refractivity (Wildman–Crippen MR) is 77.9 cm³/mol. The first-order valence-electron chi connectivity index (χ1n) is 7.68. The Hall–Kier alpha value is -0.120. The molecule has 0 aromatic heterocycles. The average molecular weight is 253 g/mol. The van der Waals surface area contributed by atoms with Crippen molar-refractivity contribution in [2.45, 2.75) is 45.2 Å². The fraction of sp³-hybridized carbons (Fsp3) is 1.00. The minimum Gasteiger partial charge on any atom is -0.312 e. The van der Waals surface area contributed by atoms with E-state index in [1.165, 1.54) is 38.9 Å². The molecule has 0 bridgehead atoms. The summed E-state index contributed by atoms with van der Waals surface area (Å²) in [5.74, 6) is 1.76. The molecule has 1 N–H and O–H groups in total. The fourth-order valence-electron chi connectivity index (χ4n) is 3.43. The lowest BCUT2D eigenvalue weighted by molar-refractivity contribution is 0.105. The Balaban J connectivity index is 1.79. The summed E-state index contributed by atoms with van der Waals surface area (Å²) >= 11 is 0. The van der Waals surface area contributed by atoms with Gasteiger partial charge in [-0.1, -0.05) is 20.3 Å². The van der Waals surface area contributed by atoms with Crippen molar-refractivity contribution < 1.29 is 0 Å². The Morgan fingerprint density at radius 2 is 1.89 bits per heavy atom. The normalized spacial score (nSPS) is 40.0. The van der Waals surface area contributed by atoms with Gasteiger partial charge in [0.1, 0.15) is 0 Å². The van der Waals surface area contributed by atoms with E-state index in [1.807, 2.05) is 0 Å². The minimum absolute atomic E-state index is 0.688. The molecule has 4 unspecified atom stereocenters. The Morgan fingerprint density at radius 1 is 1.11 bits per heavy atom. The number of hydrogen-bond donors (Lipinski definition) is 1. The van der Waals surface area contributed by atoms with Crippen molar-refractivity contribution in [3.8, 4) is 0 Å². The highest BCUT2D eigenvalue weighted by Crippen LogP contribution is 2.28. The van der Waals surface area contributed by atoms with Crippen LogP contribution < -0.4 is 5.32 Å². The van der Waals surface area contributed by atoms with Gasteiger partial charge in [0.25, 0.3) is 0 Å². The molecule has 2 aliphatic rings. The van der Waals surface area contributed by atoms with E-state index in [0.717, 1.165) is 24.4 Å². The Morgan fingerprint density at radius 3 is 2.67 bits per heavy atom. The molecule has 0 aromatic rings. The highest BCUT2D eigenvalue weighted by Gasteiger charge is 2.27. The Bertz CT molecular complexity index is 230. The summed E-state index contributed by atoms with van der Waals surface area (Å²) in [6.07, 6.45) is 4.19. The number of rotatable bonds is 3. The van der Waals surface area contributed by atoms with Crippen LogP contribution in [0.25, 0.3) is 0 Å². The van der Waals surface area contributed by atoms with Gasteiger partial charge in [0.05, 0.1) is 0 Å². The van der Waals surface area contributed by atoms with Crippen LogP contribution in [0, 0.1) is 11.8 Å². The maximum Gasteiger partial charge on any atom is 0.0345 e. The second-order valence-electron chi connectivity index (χ2n) is 6.81. The van der Waals surface area contributed by atoms with Gasteiger partial charge in [-0.15, -0.1) is 0 Å². The molecule has 3 nitrogen and oxygen atoms in total. The standard InChI is InChI=1S/C15H31N3/c1-12-5-6-13(2)15(9-12)16-10-14-11-17(3)7-8-18(14)4/h12-16H,5-11H2,1-4H3. The van der Waals surface area contributed by atoms with Crippen LogP contribution in [0.5, 0.6) is 0 Å². The zero-order chi connectivity index (χ0) is 13.1. The van der Waals surface area contributed by atoms with Crippen LogP contribution in [0.1, 0.15) is 33.1 Å². The molecule has 2 rings (SSSR count). The lowest BCUT2D eigenvalue weighted by Crippen LogP contribution is -2.55. The predicted octanol–water partition coefficient (Wildman–Crippen LogP) is 1.65. The van der Waals surface area contributed by atoms with Crippen LogP contribution in [0.2, 0.25) is 0 Å². The van der Waals surface area contributed by atoms with Gasteiger partial charge in [0.2, 0.25) is 0 Å². The third-order valence-corrected chi connectivity index (χ3v) is 5.05. The Labute approximate surface area is 113 Å². The van der Waals surface area contributed by atoms with E-state index in [9.17, 15) is 0 Å².